The molecule has 134 heavy (non-hydrogen) atoms. The van der Waals surface area contributed by atoms with E-state index in [4.69, 9.17) is 66.3 Å². The van der Waals surface area contributed by atoms with Crippen LogP contribution in [0.5, 0.6) is 63.2 Å². The summed E-state index contributed by atoms with van der Waals surface area (Å²) in [5.41, 5.74) is 6.44. The Morgan fingerprint density at radius 1 is 0.366 bits per heavy atom. The molecule has 13 rings (SSSR count). The number of methoxy groups -OCH3 is 4. The Morgan fingerprint density at radius 3 is 1.16 bits per heavy atom. The summed E-state index contributed by atoms with van der Waals surface area (Å²) in [6.07, 6.45) is 2.90. The van der Waals surface area contributed by atoms with Gasteiger partial charge < -0.3 is 112 Å². The molecule has 0 radical (unpaired) electrons. The van der Waals surface area contributed by atoms with E-state index in [0.29, 0.717) is 135 Å². The van der Waals surface area contributed by atoms with Gasteiger partial charge in [-0.05, 0) is 134 Å². The van der Waals surface area contributed by atoms with Gasteiger partial charge in [0.05, 0.1) is 64.0 Å². The standard InChI is InChI=1S/C38H39N3O11.C30H35N3O8.C28H31N3O8S.ClH/c1-46-31-12-5-6-13-32(31)48-22-20-39-24-27(25-49-34-14-7-11-30-38(34)28-9-3-4-10-29(28)40-30)51-37(43)19-17-26-16-18-33(35(23-26)47-2)52-36(42)15-8-21-50-41(44)45;1-37-26-13-6-7-14-27(26)38-19-17-31-20-22(41-29(34)16-3-2-8-18-40-33(35)36)21-39-28-15-9-12-25-30(28)23-10-4-5-11-24(23)32-25;1-35-24-10-4-5-11-25(24)36-14-13-29-17-20(39-27(32)19-40-16-15-38-31(33)34)18-37-26-12-6-9-23-28(26)21-7-2-3-8-22(21)30-23;/h3-7,9-14,16-19,23,27,39-40H,8,15,20-22,24-25H2,1-2H3;4-7,9-15,22,31-32H,2-3,8,16-21H2,1H3;2-12,20,29-30H,13-19H2,1H3;1H/b19-17+;;;. The molecule has 710 valence electrons. The molecule has 10 aromatic carbocycles. The fourth-order valence-electron chi connectivity index (χ4n) is 13.9. The van der Waals surface area contributed by atoms with Crippen molar-refractivity contribution in [3.8, 4) is 63.2 Å². The van der Waals surface area contributed by atoms with Gasteiger partial charge in [0.2, 0.25) is 0 Å². The highest BCUT2D eigenvalue weighted by atomic mass is 35.5. The molecule has 0 aliphatic carbocycles. The molecule has 0 spiro atoms. The van der Waals surface area contributed by atoms with Gasteiger partial charge in [-0.15, -0.1) is 54.5 Å². The largest absolute Gasteiger partial charge is 0.493 e. The van der Waals surface area contributed by atoms with Crippen LogP contribution in [0.25, 0.3) is 71.5 Å². The summed E-state index contributed by atoms with van der Waals surface area (Å²) < 4.78 is 80.1. The number of carbonyl (C=O) groups is 4. The van der Waals surface area contributed by atoms with E-state index < -0.39 is 51.5 Å². The number of benzene rings is 10. The summed E-state index contributed by atoms with van der Waals surface area (Å²) in [6, 6.07) is 68.3. The number of fused-ring (bicyclic) bond motifs is 9. The van der Waals surface area contributed by atoms with E-state index in [2.05, 4.69) is 45.4 Å². The Bertz CT molecular complexity index is 5980. The van der Waals surface area contributed by atoms with Gasteiger partial charge in [-0.1, -0.05) is 122 Å². The van der Waals surface area contributed by atoms with Crippen LogP contribution in [0.4, 0.5) is 0 Å². The van der Waals surface area contributed by atoms with E-state index in [1.54, 1.807) is 39.5 Å². The van der Waals surface area contributed by atoms with Crippen LogP contribution in [0.1, 0.15) is 44.1 Å². The number of unbranched alkanes of at least 4 members (excludes halogenated alkanes) is 2. The van der Waals surface area contributed by atoms with Crippen molar-refractivity contribution < 1.29 is 115 Å². The third kappa shape index (κ3) is 32.1. The topological polar surface area (TPSA) is 438 Å². The number of thioether (sulfide) groups is 1. The molecule has 3 heterocycles. The van der Waals surface area contributed by atoms with E-state index >= 15 is 0 Å². The second-order valence-corrected chi connectivity index (χ2v) is 30.3. The highest BCUT2D eigenvalue weighted by Gasteiger charge is 2.23. The van der Waals surface area contributed by atoms with Gasteiger partial charge in [0, 0.05) is 113 Å². The Kier molecular flexibility index (Phi) is 41.5. The van der Waals surface area contributed by atoms with Crippen molar-refractivity contribution in [2.45, 2.75) is 56.8 Å². The second kappa shape index (κ2) is 54.9. The minimum Gasteiger partial charge on any atom is -0.493 e. The first-order chi connectivity index (χ1) is 64.9. The number of hydrogen-bond acceptors (Lipinski definition) is 31. The molecule has 3 unspecified atom stereocenters. The van der Waals surface area contributed by atoms with Crippen LogP contribution < -0.4 is 68.1 Å². The molecular formula is C96H106ClN9O27S. The van der Waals surface area contributed by atoms with Gasteiger partial charge in [0.25, 0.3) is 15.3 Å². The molecule has 0 aliphatic heterocycles. The highest BCUT2D eigenvalue weighted by Crippen LogP contribution is 2.38. The zero-order valence-corrected chi connectivity index (χ0v) is 75.7. The van der Waals surface area contributed by atoms with Gasteiger partial charge in [-0.3, -0.25) is 14.4 Å². The Labute approximate surface area is 780 Å². The molecule has 0 bridgehead atoms. The Balaban J connectivity index is 0.000000210. The highest BCUT2D eigenvalue weighted by molar-refractivity contribution is 7.99. The molecule has 38 heteroatoms. The van der Waals surface area contributed by atoms with Crippen LogP contribution in [0, 0.1) is 30.3 Å². The maximum Gasteiger partial charge on any atom is 0.331 e. The number of hydrogen-bond donors (Lipinski definition) is 6. The van der Waals surface area contributed by atoms with Crippen LogP contribution >= 0.6 is 24.2 Å². The number of para-hydroxylation sites is 9. The molecule has 13 aromatic rings. The average Bonchev–Trinajstić information content (AvgIpc) is 1.64. The molecule has 0 amide bonds. The Morgan fingerprint density at radius 2 is 0.731 bits per heavy atom. The van der Waals surface area contributed by atoms with Crippen LogP contribution in [0.3, 0.4) is 0 Å². The van der Waals surface area contributed by atoms with Gasteiger partial charge >= 0.3 is 23.9 Å². The van der Waals surface area contributed by atoms with Crippen LogP contribution in [-0.2, 0) is 47.9 Å². The number of nitrogens with zero attached hydrogens (tertiary/aromatic N) is 3. The average molecular weight is 1890 g/mol. The molecule has 3 aromatic heterocycles. The third-order valence-corrected chi connectivity index (χ3v) is 20.9. The van der Waals surface area contributed by atoms with E-state index in [1.165, 1.54) is 31.0 Å². The first kappa shape index (κ1) is 101. The lowest BCUT2D eigenvalue weighted by molar-refractivity contribution is -0.757. The van der Waals surface area contributed by atoms with E-state index in [9.17, 15) is 49.5 Å². The second-order valence-electron chi connectivity index (χ2n) is 29.2. The number of esters is 4. The minimum atomic E-state index is -0.921. The maximum absolute atomic E-state index is 13.1. The molecule has 36 nitrogen and oxygen atoms in total. The smallest absolute Gasteiger partial charge is 0.331 e. The SMILES string of the molecule is COc1ccccc1OCCNCC(COc1cccc2[nH]c3ccccc3c12)OC(=O)/C=C/c1ccc(OC(=O)CCCO[N+](=O)[O-])c(OC)c1.COc1ccccc1OCCNCC(COc1cccc2[nH]c3ccccc3c12)OC(=O)CCCCCO[N+](=O)[O-].COc1ccccc1OCCNCC(COc1cccc2[nH]c3ccccc3c12)OC(=O)CSCCO[N+](=O)[O-].Cl. The number of halogens is 1. The van der Waals surface area contributed by atoms with Crippen molar-refractivity contribution in [1.82, 2.24) is 30.9 Å². The van der Waals surface area contributed by atoms with Crippen molar-refractivity contribution in [3.05, 3.63) is 260 Å². The van der Waals surface area contributed by atoms with Crippen molar-refractivity contribution in [3.63, 3.8) is 0 Å². The van der Waals surface area contributed by atoms with Crippen molar-refractivity contribution in [1.29, 1.82) is 0 Å². The normalized spacial score (nSPS) is 11.6. The quantitative estimate of drug-likeness (QED) is 0.00392. The zero-order valence-electron chi connectivity index (χ0n) is 74.1. The van der Waals surface area contributed by atoms with Crippen LogP contribution in [0.2, 0.25) is 0 Å². The summed E-state index contributed by atoms with van der Waals surface area (Å²) in [7, 11) is 6.17. The number of aromatic amines is 3. The molecular weight excluding hydrogens is 1780 g/mol. The van der Waals surface area contributed by atoms with Gasteiger partial charge in [-0.2, -0.15) is 0 Å². The molecule has 0 fully saturated rings. The number of carbonyl (C=O) groups excluding carboxylic acids is 4. The number of nitrogens with one attached hydrogen (secondary N) is 6. The summed E-state index contributed by atoms with van der Waals surface area (Å²) in [5.74, 6) is 4.62. The lowest BCUT2D eigenvalue weighted by atomic mass is 10.1. The predicted octanol–water partition coefficient (Wildman–Crippen LogP) is 15.6. The molecule has 0 saturated heterocycles. The van der Waals surface area contributed by atoms with Gasteiger partial charge in [0.15, 0.2) is 46.0 Å². The first-order valence-corrected chi connectivity index (χ1v) is 43.9. The summed E-state index contributed by atoms with van der Waals surface area (Å²) in [4.78, 5) is 104. The van der Waals surface area contributed by atoms with E-state index in [1.807, 2.05) is 200 Å². The van der Waals surface area contributed by atoms with Crippen LogP contribution in [0.15, 0.2) is 224 Å². The predicted molar refractivity (Wildman–Crippen MR) is 506 cm³/mol. The lowest BCUT2D eigenvalue weighted by Gasteiger charge is -2.20. The Hall–Kier alpha value is -14.7. The van der Waals surface area contributed by atoms with Crippen molar-refractivity contribution in [2.75, 3.05) is 139 Å². The van der Waals surface area contributed by atoms with Crippen molar-refractivity contribution >= 4 is 120 Å². The fourth-order valence-corrected chi connectivity index (χ4v) is 14.4. The van der Waals surface area contributed by atoms with E-state index in [0.717, 1.165) is 65.4 Å². The van der Waals surface area contributed by atoms with Gasteiger partial charge in [-0.25, -0.2) is 4.79 Å². The zero-order chi connectivity index (χ0) is 93.7. The summed E-state index contributed by atoms with van der Waals surface area (Å²) >= 11 is 1.20. The number of aromatic nitrogens is 3. The molecule has 0 saturated carbocycles. The number of H-pyrrole nitrogens is 3. The van der Waals surface area contributed by atoms with Gasteiger partial charge in [0.1, 0.15) is 81.8 Å². The molecule has 3 atom stereocenters. The first-order valence-electron chi connectivity index (χ1n) is 42.8. The van der Waals surface area contributed by atoms with Crippen LogP contribution in [-0.4, -0.2) is 211 Å². The monoisotopic (exact) mass is 1880 g/mol. The van der Waals surface area contributed by atoms with E-state index in [-0.39, 0.29) is 101 Å². The molecule has 6 N–H and O–H groups in total. The maximum atomic E-state index is 13.1. The molecule has 0 aliphatic rings. The number of ether oxygens (including phenoxy) is 14. The summed E-state index contributed by atoms with van der Waals surface area (Å²) in [6.45, 7) is 3.61. The van der Waals surface area contributed by atoms with Crippen molar-refractivity contribution in [2.24, 2.45) is 0 Å². The lowest BCUT2D eigenvalue weighted by Crippen LogP contribution is -2.37. The third-order valence-electron chi connectivity index (χ3n) is 20.0. The summed E-state index contributed by atoms with van der Waals surface area (Å²) in [5, 5.41) is 44.0. The minimum absolute atomic E-state index is 0. The fraction of sp³-hybridized carbons (Fsp3) is 0.312. The number of rotatable bonds is 55.